The number of hydrogen-bond donors (Lipinski definition) is 3. The number of primary amides is 1. The molecule has 6 nitrogen and oxygen atoms in total. The lowest BCUT2D eigenvalue weighted by Crippen LogP contribution is -2.36. The predicted molar refractivity (Wildman–Crippen MR) is 120 cm³/mol. The topological polar surface area (TPSA) is 88.7 Å². The molecule has 0 aliphatic heterocycles. The quantitative estimate of drug-likeness (QED) is 0.287. The molecule has 0 aliphatic rings. The molecule has 10 heteroatoms. The molecule has 0 fully saturated rings. The molecule has 2 rings (SSSR count). The van der Waals surface area contributed by atoms with E-state index in [1.165, 1.54) is 0 Å². The number of amides is 1. The molecule has 0 radical (unpaired) electrons. The van der Waals surface area contributed by atoms with Crippen molar-refractivity contribution in [1.29, 1.82) is 0 Å². The summed E-state index contributed by atoms with van der Waals surface area (Å²) in [5, 5.41) is 6.11. The molecule has 0 saturated carbocycles. The van der Waals surface area contributed by atoms with E-state index in [4.69, 9.17) is 10.5 Å². The van der Waals surface area contributed by atoms with Gasteiger partial charge in [-0.3, -0.25) is 9.79 Å². The van der Waals surface area contributed by atoms with Gasteiger partial charge in [0.2, 0.25) is 5.91 Å². The number of rotatable bonds is 7. The first kappa shape index (κ1) is 25.5. The molecule has 0 spiro atoms. The maximum absolute atomic E-state index is 12.5. The standard InChI is InChI=1S/C20H23F3N4O2.HI/c1-13-6-7-16(17(8-13)29-12-20(21,22)23)11-27-19(25-2)26-10-14-4-3-5-15(9-14)18(24)28;/h3-9H,10-12H2,1-2H3,(H2,24,28)(H2,25,26,27);1H. The molecular formula is C20H24F3IN4O2. The van der Waals surface area contributed by atoms with E-state index in [1.807, 2.05) is 6.07 Å². The van der Waals surface area contributed by atoms with Crippen molar-refractivity contribution in [2.24, 2.45) is 10.7 Å². The summed E-state index contributed by atoms with van der Waals surface area (Å²) in [4.78, 5) is 15.4. The van der Waals surface area contributed by atoms with Crippen molar-refractivity contribution in [3.63, 3.8) is 0 Å². The number of ether oxygens (including phenoxy) is 1. The van der Waals surface area contributed by atoms with Gasteiger partial charge >= 0.3 is 6.18 Å². The maximum Gasteiger partial charge on any atom is 0.422 e. The minimum absolute atomic E-state index is 0. The second kappa shape index (κ2) is 11.6. The molecule has 30 heavy (non-hydrogen) atoms. The Labute approximate surface area is 190 Å². The number of nitrogens with two attached hydrogens (primary N) is 1. The van der Waals surface area contributed by atoms with Crippen LogP contribution in [0.4, 0.5) is 13.2 Å². The highest BCUT2D eigenvalue weighted by atomic mass is 127. The second-order valence-electron chi connectivity index (χ2n) is 6.36. The number of aliphatic imine (C=N–C) groups is 1. The van der Waals surface area contributed by atoms with Gasteiger partial charge in [0.05, 0.1) is 0 Å². The minimum atomic E-state index is -4.41. The molecule has 0 aromatic heterocycles. The van der Waals surface area contributed by atoms with Crippen LogP contribution in [0.1, 0.15) is 27.0 Å². The molecule has 1 amide bonds. The van der Waals surface area contributed by atoms with Crippen LogP contribution in [0.15, 0.2) is 47.5 Å². The monoisotopic (exact) mass is 536 g/mol. The van der Waals surface area contributed by atoms with Crippen LogP contribution in [-0.4, -0.2) is 31.7 Å². The number of guanidine groups is 1. The largest absolute Gasteiger partial charge is 0.484 e. The highest BCUT2D eigenvalue weighted by Crippen LogP contribution is 2.23. The third-order valence-electron chi connectivity index (χ3n) is 3.96. The average Bonchev–Trinajstić information content (AvgIpc) is 2.67. The molecular weight excluding hydrogens is 512 g/mol. The Morgan fingerprint density at radius 2 is 1.83 bits per heavy atom. The summed E-state index contributed by atoms with van der Waals surface area (Å²) < 4.78 is 42.4. The molecule has 4 N–H and O–H groups in total. The van der Waals surface area contributed by atoms with Gasteiger partial charge in [0.1, 0.15) is 5.75 Å². The molecule has 0 atom stereocenters. The third kappa shape index (κ3) is 8.47. The number of aryl methyl sites for hydroxylation is 1. The van der Waals surface area contributed by atoms with Crippen LogP contribution >= 0.6 is 24.0 Å². The summed E-state index contributed by atoms with van der Waals surface area (Å²) >= 11 is 0. The van der Waals surface area contributed by atoms with Gasteiger partial charge in [0.25, 0.3) is 0 Å². The molecule has 0 bridgehead atoms. The van der Waals surface area contributed by atoms with Gasteiger partial charge in [-0.05, 0) is 36.2 Å². The van der Waals surface area contributed by atoms with E-state index in [2.05, 4.69) is 15.6 Å². The average molecular weight is 536 g/mol. The van der Waals surface area contributed by atoms with E-state index in [0.717, 1.165) is 11.1 Å². The molecule has 0 heterocycles. The summed E-state index contributed by atoms with van der Waals surface area (Å²) in [6, 6.07) is 11.9. The van der Waals surface area contributed by atoms with Gasteiger partial charge in [-0.2, -0.15) is 13.2 Å². The zero-order valence-electron chi connectivity index (χ0n) is 16.5. The van der Waals surface area contributed by atoms with E-state index in [-0.39, 0.29) is 36.3 Å². The number of carbonyl (C=O) groups is 1. The summed E-state index contributed by atoms with van der Waals surface area (Å²) in [5.74, 6) is 0.0939. The minimum Gasteiger partial charge on any atom is -0.484 e. The first-order valence-corrected chi connectivity index (χ1v) is 8.80. The van der Waals surface area contributed by atoms with Crippen LogP contribution < -0.4 is 21.1 Å². The zero-order valence-corrected chi connectivity index (χ0v) is 18.9. The van der Waals surface area contributed by atoms with Gasteiger partial charge < -0.3 is 21.1 Å². The van der Waals surface area contributed by atoms with Crippen molar-refractivity contribution < 1.29 is 22.7 Å². The fraction of sp³-hybridized carbons (Fsp3) is 0.300. The van der Waals surface area contributed by atoms with E-state index in [9.17, 15) is 18.0 Å². The van der Waals surface area contributed by atoms with Crippen molar-refractivity contribution in [3.05, 3.63) is 64.7 Å². The van der Waals surface area contributed by atoms with E-state index < -0.39 is 18.7 Å². The smallest absolute Gasteiger partial charge is 0.422 e. The predicted octanol–water partition coefficient (Wildman–Crippen LogP) is 3.52. The normalized spacial score (nSPS) is 11.4. The van der Waals surface area contributed by atoms with Gasteiger partial charge in [0.15, 0.2) is 12.6 Å². The highest BCUT2D eigenvalue weighted by Gasteiger charge is 2.28. The highest BCUT2D eigenvalue weighted by molar-refractivity contribution is 14.0. The Kier molecular flexibility index (Phi) is 9.90. The van der Waals surface area contributed by atoms with Crippen LogP contribution in [0.2, 0.25) is 0 Å². The molecule has 0 unspecified atom stereocenters. The van der Waals surface area contributed by atoms with Crippen molar-refractivity contribution in [2.75, 3.05) is 13.7 Å². The number of nitrogens with zero attached hydrogens (tertiary/aromatic N) is 1. The molecule has 164 valence electrons. The van der Waals surface area contributed by atoms with Gasteiger partial charge in [-0.25, -0.2) is 0 Å². The maximum atomic E-state index is 12.5. The summed E-state index contributed by atoms with van der Waals surface area (Å²) in [6.45, 7) is 1.02. The SMILES string of the molecule is CN=C(NCc1cccc(C(N)=O)c1)NCc1ccc(C)cc1OCC(F)(F)F.I. The number of alkyl halides is 3. The number of nitrogens with one attached hydrogen (secondary N) is 2. The first-order chi connectivity index (χ1) is 13.7. The Bertz CT molecular complexity index is 889. The van der Waals surface area contributed by atoms with Crippen molar-refractivity contribution in [2.45, 2.75) is 26.2 Å². The summed E-state index contributed by atoms with van der Waals surface area (Å²) in [6.07, 6.45) is -4.41. The Balaban J connectivity index is 0.00000450. The number of hydrogen-bond acceptors (Lipinski definition) is 3. The molecule has 2 aromatic rings. The summed E-state index contributed by atoms with van der Waals surface area (Å²) in [7, 11) is 1.57. The van der Waals surface area contributed by atoms with Gasteiger partial charge in [0, 0.05) is 31.3 Å². The molecule has 0 aliphatic carbocycles. The second-order valence-corrected chi connectivity index (χ2v) is 6.36. The zero-order chi connectivity index (χ0) is 21.4. The Morgan fingerprint density at radius 3 is 2.47 bits per heavy atom. The molecule has 0 saturated heterocycles. The first-order valence-electron chi connectivity index (χ1n) is 8.80. The lowest BCUT2D eigenvalue weighted by Gasteiger charge is -2.16. The number of carbonyl (C=O) groups excluding carboxylic acids is 1. The fourth-order valence-corrected chi connectivity index (χ4v) is 2.52. The number of benzene rings is 2. The van der Waals surface area contributed by atoms with Crippen molar-refractivity contribution in [3.8, 4) is 5.75 Å². The Hall–Kier alpha value is -2.50. The van der Waals surface area contributed by atoms with Crippen molar-refractivity contribution >= 4 is 35.8 Å². The fourth-order valence-electron chi connectivity index (χ4n) is 2.52. The van der Waals surface area contributed by atoms with Gasteiger partial charge in [-0.15, -0.1) is 24.0 Å². The van der Waals surface area contributed by atoms with E-state index in [1.54, 1.807) is 50.4 Å². The van der Waals surface area contributed by atoms with Gasteiger partial charge in [-0.1, -0.05) is 24.3 Å². The summed E-state index contributed by atoms with van der Waals surface area (Å²) in [5.41, 5.74) is 7.87. The lowest BCUT2D eigenvalue weighted by molar-refractivity contribution is -0.153. The van der Waals surface area contributed by atoms with E-state index in [0.29, 0.717) is 23.6 Å². The van der Waals surface area contributed by atoms with Crippen LogP contribution in [0.25, 0.3) is 0 Å². The third-order valence-corrected chi connectivity index (χ3v) is 3.96. The number of halogens is 4. The van der Waals surface area contributed by atoms with Crippen LogP contribution in [0.3, 0.4) is 0 Å². The molecule has 2 aromatic carbocycles. The lowest BCUT2D eigenvalue weighted by atomic mass is 10.1. The van der Waals surface area contributed by atoms with Crippen LogP contribution in [-0.2, 0) is 13.1 Å². The van der Waals surface area contributed by atoms with Crippen molar-refractivity contribution in [1.82, 2.24) is 10.6 Å². The Morgan fingerprint density at radius 1 is 1.13 bits per heavy atom. The van der Waals surface area contributed by atoms with Crippen LogP contribution in [0, 0.1) is 6.92 Å². The van der Waals surface area contributed by atoms with E-state index >= 15 is 0 Å². The van der Waals surface area contributed by atoms with Crippen LogP contribution in [0.5, 0.6) is 5.75 Å².